The minimum Gasteiger partial charge on any atom is -0.479 e. The van der Waals surface area contributed by atoms with E-state index in [1.54, 1.807) is 7.05 Å². The Hall–Kier alpha value is -2.97. The maximum Gasteiger partial charge on any atom is 0.330 e. The Balaban J connectivity index is 2.41. The van der Waals surface area contributed by atoms with Crippen LogP contribution in [0.25, 0.3) is 0 Å². The maximum absolute atomic E-state index is 13.5. The summed E-state index contributed by atoms with van der Waals surface area (Å²) in [6.45, 7) is 0. The molecule has 2 rings (SSSR count). The highest BCUT2D eigenvalue weighted by molar-refractivity contribution is 5.80. The first-order valence-corrected chi connectivity index (χ1v) is 5.81. The Bertz CT molecular complexity index is 700. The molecule has 2 aromatic rings. The second kappa shape index (κ2) is 5.57. The molecule has 0 amide bonds. The molecule has 1 unspecified atom stereocenters. The molecule has 0 aliphatic rings. The predicted octanol–water partition coefficient (Wildman–Crippen LogP) is 1.71. The molecule has 0 aliphatic heterocycles. The number of carbonyl (C=O) groups is 1. The molecule has 1 heterocycles. The van der Waals surface area contributed by atoms with Crippen LogP contribution in [0.15, 0.2) is 30.6 Å². The predicted molar refractivity (Wildman–Crippen MR) is 70.3 cm³/mol. The van der Waals surface area contributed by atoms with Gasteiger partial charge in [0.25, 0.3) is 0 Å². The van der Waals surface area contributed by atoms with Crippen LogP contribution >= 0.6 is 0 Å². The minimum atomic E-state index is -1.28. The number of para-hydroxylation sites is 1. The maximum atomic E-state index is 13.5. The van der Waals surface area contributed by atoms with Gasteiger partial charge in [0.2, 0.25) is 5.82 Å². The van der Waals surface area contributed by atoms with Gasteiger partial charge in [-0.1, -0.05) is 6.07 Å². The molecule has 0 radical (unpaired) electrons. The first-order valence-electron chi connectivity index (χ1n) is 5.81. The fourth-order valence-corrected chi connectivity index (χ4v) is 1.85. The lowest BCUT2D eigenvalue weighted by molar-refractivity contribution is -0.386. The summed E-state index contributed by atoms with van der Waals surface area (Å²) in [5, 5.41) is 26.4. The number of carboxylic acids is 1. The number of benzene rings is 1. The fraction of sp³-hybridized carbons (Fsp3) is 0.167. The van der Waals surface area contributed by atoms with E-state index in [4.69, 9.17) is 0 Å². The van der Waals surface area contributed by atoms with Crippen LogP contribution in [0.3, 0.4) is 0 Å². The van der Waals surface area contributed by atoms with Gasteiger partial charge in [-0.05, 0) is 12.1 Å². The molecule has 1 aromatic carbocycles. The zero-order valence-corrected chi connectivity index (χ0v) is 10.9. The van der Waals surface area contributed by atoms with Crippen molar-refractivity contribution in [3.05, 3.63) is 52.1 Å². The lowest BCUT2D eigenvalue weighted by Gasteiger charge is -2.14. The van der Waals surface area contributed by atoms with Crippen LogP contribution in [-0.4, -0.2) is 25.8 Å². The molecule has 110 valence electrons. The number of nitrogens with zero attached hydrogens (tertiary/aromatic N) is 3. The SMILES string of the molecule is Cn1cc(C(Nc2cccc(F)c2[N+](=O)[O-])C(=O)O)cn1. The van der Waals surface area contributed by atoms with E-state index in [-0.39, 0.29) is 5.69 Å². The molecule has 1 atom stereocenters. The Morgan fingerprint density at radius 2 is 2.29 bits per heavy atom. The highest BCUT2D eigenvalue weighted by Crippen LogP contribution is 2.30. The summed E-state index contributed by atoms with van der Waals surface area (Å²) in [5.41, 5.74) is -0.715. The number of rotatable bonds is 5. The van der Waals surface area contributed by atoms with Gasteiger partial charge < -0.3 is 10.4 Å². The smallest absolute Gasteiger partial charge is 0.330 e. The molecule has 21 heavy (non-hydrogen) atoms. The third kappa shape index (κ3) is 2.96. The summed E-state index contributed by atoms with van der Waals surface area (Å²) in [7, 11) is 1.60. The van der Waals surface area contributed by atoms with Crippen molar-refractivity contribution in [3.8, 4) is 0 Å². The Morgan fingerprint density at radius 1 is 1.57 bits per heavy atom. The van der Waals surface area contributed by atoms with Gasteiger partial charge in [-0.3, -0.25) is 14.8 Å². The van der Waals surface area contributed by atoms with Crippen molar-refractivity contribution >= 4 is 17.3 Å². The van der Waals surface area contributed by atoms with Gasteiger partial charge in [-0.15, -0.1) is 0 Å². The molecule has 0 aliphatic carbocycles. The van der Waals surface area contributed by atoms with Crippen LogP contribution in [0.4, 0.5) is 15.8 Å². The van der Waals surface area contributed by atoms with Gasteiger partial charge in [0.15, 0.2) is 6.04 Å². The largest absolute Gasteiger partial charge is 0.479 e. The summed E-state index contributed by atoms with van der Waals surface area (Å²) in [6.07, 6.45) is 2.77. The van der Waals surface area contributed by atoms with E-state index in [2.05, 4.69) is 10.4 Å². The van der Waals surface area contributed by atoms with Gasteiger partial charge >= 0.3 is 11.7 Å². The summed E-state index contributed by atoms with van der Waals surface area (Å²) >= 11 is 0. The van der Waals surface area contributed by atoms with Gasteiger partial charge in [0.1, 0.15) is 5.69 Å². The van der Waals surface area contributed by atoms with E-state index in [0.29, 0.717) is 5.56 Å². The quantitative estimate of drug-likeness (QED) is 0.641. The zero-order valence-electron chi connectivity index (χ0n) is 10.9. The second-order valence-corrected chi connectivity index (χ2v) is 4.26. The molecule has 9 heteroatoms. The van der Waals surface area contributed by atoms with E-state index >= 15 is 0 Å². The third-order valence-corrected chi connectivity index (χ3v) is 2.77. The summed E-state index contributed by atoms with van der Waals surface area (Å²) in [5.74, 6) is -2.30. The van der Waals surface area contributed by atoms with Crippen LogP contribution in [0, 0.1) is 15.9 Å². The molecule has 1 aromatic heterocycles. The van der Waals surface area contributed by atoms with E-state index in [1.165, 1.54) is 29.2 Å². The molecule has 8 nitrogen and oxygen atoms in total. The van der Waals surface area contributed by atoms with Crippen LogP contribution in [0.1, 0.15) is 11.6 Å². The first-order chi connectivity index (χ1) is 9.90. The molecule has 0 fully saturated rings. The van der Waals surface area contributed by atoms with Crippen LogP contribution in [0.5, 0.6) is 0 Å². The average Bonchev–Trinajstić information content (AvgIpc) is 2.81. The van der Waals surface area contributed by atoms with Gasteiger partial charge in [0, 0.05) is 18.8 Å². The number of halogens is 1. The molecular formula is C12H11FN4O4. The number of hydrogen-bond acceptors (Lipinski definition) is 5. The summed E-state index contributed by atoms with van der Waals surface area (Å²) in [6, 6.07) is 2.16. The van der Waals surface area contributed by atoms with E-state index in [1.807, 2.05) is 0 Å². The standard InChI is InChI=1S/C12H11FN4O4/c1-16-6-7(5-14-16)10(12(18)19)15-9-4-2-3-8(13)11(9)17(20)21/h2-6,10,15H,1H3,(H,18,19). The van der Waals surface area contributed by atoms with Crippen molar-refractivity contribution in [2.75, 3.05) is 5.32 Å². The number of aromatic nitrogens is 2. The highest BCUT2D eigenvalue weighted by Gasteiger charge is 2.26. The number of carboxylic acid groups (broad SMARTS) is 1. The Labute approximate surface area is 118 Å². The first kappa shape index (κ1) is 14.4. The van der Waals surface area contributed by atoms with Crippen molar-refractivity contribution in [1.82, 2.24) is 9.78 Å². The van der Waals surface area contributed by atoms with Crippen molar-refractivity contribution in [2.45, 2.75) is 6.04 Å². The van der Waals surface area contributed by atoms with Gasteiger partial charge in [-0.25, -0.2) is 4.79 Å². The van der Waals surface area contributed by atoms with E-state index in [9.17, 15) is 24.4 Å². The Kier molecular flexibility index (Phi) is 3.83. The van der Waals surface area contributed by atoms with Crippen molar-refractivity contribution in [3.63, 3.8) is 0 Å². The minimum absolute atomic E-state index is 0.212. The normalized spacial score (nSPS) is 11.9. The fourth-order valence-electron chi connectivity index (χ4n) is 1.85. The molecule has 0 bridgehead atoms. The number of nitro benzene ring substituents is 1. The average molecular weight is 294 g/mol. The van der Waals surface area contributed by atoms with E-state index in [0.717, 1.165) is 6.07 Å². The van der Waals surface area contributed by atoms with Crippen LogP contribution < -0.4 is 5.32 Å². The molecule has 0 saturated carbocycles. The van der Waals surface area contributed by atoms with Gasteiger partial charge in [0.05, 0.1) is 11.1 Å². The molecule has 0 saturated heterocycles. The number of aliphatic carboxylic acids is 1. The lowest BCUT2D eigenvalue weighted by atomic mass is 10.1. The van der Waals surface area contributed by atoms with Crippen LogP contribution in [0.2, 0.25) is 0 Å². The molecule has 0 spiro atoms. The number of nitrogens with one attached hydrogen (secondary N) is 1. The number of anilines is 1. The number of aryl methyl sites for hydroxylation is 1. The summed E-state index contributed by atoms with van der Waals surface area (Å²) < 4.78 is 14.9. The number of hydrogen-bond donors (Lipinski definition) is 2. The molecule has 2 N–H and O–H groups in total. The lowest BCUT2D eigenvalue weighted by Crippen LogP contribution is -2.20. The van der Waals surface area contributed by atoms with Crippen molar-refractivity contribution in [2.24, 2.45) is 7.05 Å². The number of nitro groups is 1. The molecular weight excluding hydrogens is 283 g/mol. The Morgan fingerprint density at radius 3 is 2.81 bits per heavy atom. The third-order valence-electron chi connectivity index (χ3n) is 2.77. The highest BCUT2D eigenvalue weighted by atomic mass is 19.1. The monoisotopic (exact) mass is 294 g/mol. The zero-order chi connectivity index (χ0) is 15.6. The van der Waals surface area contributed by atoms with E-state index < -0.39 is 28.4 Å². The van der Waals surface area contributed by atoms with Crippen molar-refractivity contribution in [1.29, 1.82) is 0 Å². The van der Waals surface area contributed by atoms with Crippen LogP contribution in [-0.2, 0) is 11.8 Å². The van der Waals surface area contributed by atoms with Gasteiger partial charge in [-0.2, -0.15) is 9.49 Å². The van der Waals surface area contributed by atoms with Crippen molar-refractivity contribution < 1.29 is 19.2 Å². The topological polar surface area (TPSA) is 110 Å². The second-order valence-electron chi connectivity index (χ2n) is 4.26. The summed E-state index contributed by atoms with van der Waals surface area (Å²) in [4.78, 5) is 21.3.